The number of benzene rings is 2. The first-order valence-electron chi connectivity index (χ1n) is 9.54. The average molecular weight is 452 g/mol. The molecule has 0 unspecified atom stereocenters. The topological polar surface area (TPSA) is 111 Å². The van der Waals surface area contributed by atoms with Gasteiger partial charge in [-0.1, -0.05) is 24.3 Å². The van der Waals surface area contributed by atoms with Crippen LogP contribution in [0.2, 0.25) is 0 Å². The molecule has 0 saturated carbocycles. The summed E-state index contributed by atoms with van der Waals surface area (Å²) in [6, 6.07) is 11.8. The summed E-state index contributed by atoms with van der Waals surface area (Å²) in [5.74, 6) is -0.819. The molecular weight excluding hydrogens is 430 g/mol. The Morgan fingerprint density at radius 2 is 1.97 bits per heavy atom. The lowest BCUT2D eigenvalue weighted by Gasteiger charge is -2.27. The first-order chi connectivity index (χ1) is 15.3. The molecule has 1 aliphatic rings. The molecule has 8 nitrogen and oxygen atoms in total. The number of carbonyl (C=O) groups is 3. The minimum Gasteiger partial charge on any atom is -0.496 e. The number of hydrogen-bond acceptors (Lipinski definition) is 6. The van der Waals surface area contributed by atoms with Crippen molar-refractivity contribution in [2.75, 3.05) is 13.7 Å². The van der Waals surface area contributed by atoms with Gasteiger partial charge >= 0.3 is 0 Å². The van der Waals surface area contributed by atoms with Crippen molar-refractivity contribution in [1.29, 1.82) is 0 Å². The number of rotatable bonds is 8. The third kappa shape index (κ3) is 4.84. The third-order valence-corrected chi connectivity index (χ3v) is 4.97. The van der Waals surface area contributed by atoms with Crippen LogP contribution in [-0.2, 0) is 16.2 Å². The number of carbonyl (C=O) groups excluding carboxylic acids is 3. The van der Waals surface area contributed by atoms with Crippen molar-refractivity contribution in [3.05, 3.63) is 77.4 Å². The second kappa shape index (κ2) is 9.88. The SMILES string of the molecule is C=CCN1C(=O)C(=Cc2ccc(OC)c(COc3ccccc3C(N)=O)c2)C(=O)NC1=S. The van der Waals surface area contributed by atoms with Gasteiger partial charge in [-0.05, 0) is 48.1 Å². The summed E-state index contributed by atoms with van der Waals surface area (Å²) in [5.41, 5.74) is 6.82. The minimum absolute atomic E-state index is 0.0361. The molecule has 1 saturated heterocycles. The van der Waals surface area contributed by atoms with Gasteiger partial charge in [-0.3, -0.25) is 24.6 Å². The van der Waals surface area contributed by atoms with Crippen LogP contribution in [0.25, 0.3) is 6.08 Å². The zero-order chi connectivity index (χ0) is 23.3. The van der Waals surface area contributed by atoms with E-state index in [2.05, 4.69) is 11.9 Å². The van der Waals surface area contributed by atoms with Crippen LogP contribution >= 0.6 is 12.2 Å². The lowest BCUT2D eigenvalue weighted by atomic mass is 10.0. The van der Waals surface area contributed by atoms with Crippen molar-refractivity contribution in [3.8, 4) is 11.5 Å². The van der Waals surface area contributed by atoms with Crippen molar-refractivity contribution in [2.24, 2.45) is 5.73 Å². The molecule has 3 amide bonds. The van der Waals surface area contributed by atoms with Gasteiger partial charge < -0.3 is 15.2 Å². The van der Waals surface area contributed by atoms with Crippen molar-refractivity contribution in [2.45, 2.75) is 6.61 Å². The van der Waals surface area contributed by atoms with Crippen LogP contribution in [0.4, 0.5) is 0 Å². The Bertz CT molecular complexity index is 1140. The number of primary amides is 1. The van der Waals surface area contributed by atoms with E-state index in [1.165, 1.54) is 24.2 Å². The average Bonchev–Trinajstić information content (AvgIpc) is 2.78. The van der Waals surface area contributed by atoms with Gasteiger partial charge in [0.1, 0.15) is 23.7 Å². The predicted molar refractivity (Wildman–Crippen MR) is 123 cm³/mol. The van der Waals surface area contributed by atoms with Crippen molar-refractivity contribution in [3.63, 3.8) is 0 Å². The zero-order valence-corrected chi connectivity index (χ0v) is 18.1. The van der Waals surface area contributed by atoms with Gasteiger partial charge in [-0.2, -0.15) is 0 Å². The molecule has 2 aromatic carbocycles. The van der Waals surface area contributed by atoms with Gasteiger partial charge in [0, 0.05) is 12.1 Å². The number of methoxy groups -OCH3 is 1. The monoisotopic (exact) mass is 451 g/mol. The van der Waals surface area contributed by atoms with E-state index >= 15 is 0 Å². The van der Waals surface area contributed by atoms with Crippen LogP contribution in [-0.4, -0.2) is 41.4 Å². The number of nitrogens with zero attached hydrogens (tertiary/aromatic N) is 1. The Morgan fingerprint density at radius 3 is 2.66 bits per heavy atom. The number of para-hydroxylation sites is 1. The fourth-order valence-electron chi connectivity index (χ4n) is 3.11. The summed E-state index contributed by atoms with van der Waals surface area (Å²) >= 11 is 5.06. The lowest BCUT2D eigenvalue weighted by Crippen LogP contribution is -2.53. The Labute approximate surface area is 190 Å². The lowest BCUT2D eigenvalue weighted by molar-refractivity contribution is -0.128. The smallest absolute Gasteiger partial charge is 0.265 e. The quantitative estimate of drug-likeness (QED) is 0.276. The van der Waals surface area contributed by atoms with E-state index in [0.717, 1.165) is 0 Å². The minimum atomic E-state index is -0.602. The van der Waals surface area contributed by atoms with Crippen LogP contribution in [0.5, 0.6) is 11.5 Å². The van der Waals surface area contributed by atoms with E-state index in [4.69, 9.17) is 27.4 Å². The molecule has 0 radical (unpaired) electrons. The maximum atomic E-state index is 12.7. The highest BCUT2D eigenvalue weighted by Crippen LogP contribution is 2.25. The second-order valence-electron chi connectivity index (χ2n) is 6.74. The van der Waals surface area contributed by atoms with Gasteiger partial charge in [0.2, 0.25) is 0 Å². The standard InChI is InChI=1S/C23H21N3O5S/c1-3-10-26-22(29)17(21(28)25-23(26)32)12-14-8-9-18(30-2)15(11-14)13-31-19-7-5-4-6-16(19)20(24)27/h3-9,11-12H,1,10,13H2,2H3,(H2,24,27)(H,25,28,32). The van der Waals surface area contributed by atoms with Gasteiger partial charge in [-0.25, -0.2) is 0 Å². The summed E-state index contributed by atoms with van der Waals surface area (Å²) < 4.78 is 11.2. The molecule has 32 heavy (non-hydrogen) atoms. The first kappa shape index (κ1) is 22.7. The molecule has 0 aromatic heterocycles. The number of hydrogen-bond donors (Lipinski definition) is 2. The second-order valence-corrected chi connectivity index (χ2v) is 7.13. The molecule has 0 spiro atoms. The highest BCUT2D eigenvalue weighted by molar-refractivity contribution is 7.80. The van der Waals surface area contributed by atoms with E-state index in [-0.39, 0.29) is 29.4 Å². The van der Waals surface area contributed by atoms with E-state index in [1.54, 1.807) is 42.5 Å². The molecule has 1 heterocycles. The summed E-state index contributed by atoms with van der Waals surface area (Å²) in [7, 11) is 1.51. The van der Waals surface area contributed by atoms with Crippen LogP contribution in [0.3, 0.4) is 0 Å². The number of nitrogens with two attached hydrogens (primary N) is 1. The van der Waals surface area contributed by atoms with Crippen LogP contribution in [0.1, 0.15) is 21.5 Å². The molecule has 3 rings (SSSR count). The molecule has 3 N–H and O–H groups in total. The van der Waals surface area contributed by atoms with E-state index in [0.29, 0.717) is 22.6 Å². The fourth-order valence-corrected chi connectivity index (χ4v) is 3.36. The molecule has 0 atom stereocenters. The van der Waals surface area contributed by atoms with Crippen LogP contribution in [0, 0.1) is 0 Å². The van der Waals surface area contributed by atoms with Gasteiger partial charge in [0.05, 0.1) is 12.7 Å². The van der Waals surface area contributed by atoms with Gasteiger partial charge in [0.25, 0.3) is 17.7 Å². The normalized spacial score (nSPS) is 14.8. The Hall–Kier alpha value is -3.98. The molecule has 2 aromatic rings. The number of amides is 3. The maximum absolute atomic E-state index is 12.7. The molecule has 1 aliphatic heterocycles. The molecule has 1 fully saturated rings. The zero-order valence-electron chi connectivity index (χ0n) is 17.3. The Morgan fingerprint density at radius 1 is 1.22 bits per heavy atom. The van der Waals surface area contributed by atoms with Gasteiger partial charge in [0.15, 0.2) is 5.11 Å². The number of thiocarbonyl (C=S) groups is 1. The highest BCUT2D eigenvalue weighted by atomic mass is 32.1. The predicted octanol–water partition coefficient (Wildman–Crippen LogP) is 2.19. The molecule has 9 heteroatoms. The fraction of sp³-hybridized carbons (Fsp3) is 0.130. The van der Waals surface area contributed by atoms with Crippen molar-refractivity contribution in [1.82, 2.24) is 10.2 Å². The summed E-state index contributed by atoms with van der Waals surface area (Å²) in [6.45, 7) is 3.85. The Kier molecular flexibility index (Phi) is 7.01. The number of ether oxygens (including phenoxy) is 2. The molecule has 0 aliphatic carbocycles. The van der Waals surface area contributed by atoms with Crippen molar-refractivity contribution < 1.29 is 23.9 Å². The summed E-state index contributed by atoms with van der Waals surface area (Å²) in [5, 5.41) is 2.54. The van der Waals surface area contributed by atoms with Crippen LogP contribution < -0.4 is 20.5 Å². The number of nitrogens with one attached hydrogen (secondary N) is 1. The molecular formula is C23H21N3O5S. The largest absolute Gasteiger partial charge is 0.496 e. The first-order valence-corrected chi connectivity index (χ1v) is 9.94. The molecule has 0 bridgehead atoms. The Balaban J connectivity index is 1.90. The van der Waals surface area contributed by atoms with E-state index in [9.17, 15) is 14.4 Å². The van der Waals surface area contributed by atoms with E-state index in [1.807, 2.05) is 0 Å². The van der Waals surface area contributed by atoms with Crippen molar-refractivity contribution >= 4 is 41.1 Å². The maximum Gasteiger partial charge on any atom is 0.265 e. The van der Waals surface area contributed by atoms with Crippen LogP contribution in [0.15, 0.2) is 60.7 Å². The van der Waals surface area contributed by atoms with Gasteiger partial charge in [-0.15, -0.1) is 6.58 Å². The summed E-state index contributed by atoms with van der Waals surface area (Å²) in [6.07, 6.45) is 2.99. The third-order valence-electron chi connectivity index (χ3n) is 4.65. The molecule has 164 valence electrons. The summed E-state index contributed by atoms with van der Waals surface area (Å²) in [4.78, 5) is 37.9. The van der Waals surface area contributed by atoms with E-state index < -0.39 is 17.7 Å². The highest BCUT2D eigenvalue weighted by Gasteiger charge is 2.32.